The van der Waals surface area contributed by atoms with Gasteiger partial charge >= 0.3 is 0 Å². The Hall–Kier alpha value is -1.43. The lowest BCUT2D eigenvalue weighted by Crippen LogP contribution is -2.42. The first kappa shape index (κ1) is 14.0. The lowest BCUT2D eigenvalue weighted by molar-refractivity contribution is 0.0725. The number of likely N-dealkylation sites (tertiary alicyclic amines) is 1. The number of rotatable bonds is 3. The minimum absolute atomic E-state index is 0.0465. The Morgan fingerprint density at radius 1 is 1.32 bits per heavy atom. The van der Waals surface area contributed by atoms with E-state index in [9.17, 15) is 13.2 Å². The molecule has 1 amide bonds. The summed E-state index contributed by atoms with van der Waals surface area (Å²) in [5.41, 5.74) is 0.604. The van der Waals surface area contributed by atoms with Crippen LogP contribution in [0.5, 0.6) is 0 Å². The smallest absolute Gasteiger partial charge is 0.253 e. The first-order valence-corrected chi connectivity index (χ1v) is 8.17. The summed E-state index contributed by atoms with van der Waals surface area (Å²) in [6.07, 6.45) is 4.24. The van der Waals surface area contributed by atoms with Crippen molar-refractivity contribution in [2.45, 2.75) is 25.0 Å². The maximum atomic E-state index is 12.2. The Kier molecular flexibility index (Phi) is 4.19. The van der Waals surface area contributed by atoms with Crippen molar-refractivity contribution in [2.24, 2.45) is 0 Å². The third kappa shape index (κ3) is 3.12. The molecule has 1 aromatic rings. The molecular formula is C13H18N2O3S. The van der Waals surface area contributed by atoms with Crippen LogP contribution >= 0.6 is 0 Å². The average Bonchev–Trinajstić information content (AvgIpc) is 2.47. The van der Waals surface area contributed by atoms with Crippen LogP contribution in [0.25, 0.3) is 0 Å². The lowest BCUT2D eigenvalue weighted by Gasteiger charge is -2.31. The van der Waals surface area contributed by atoms with E-state index in [1.807, 2.05) is 0 Å². The van der Waals surface area contributed by atoms with Crippen molar-refractivity contribution in [1.29, 1.82) is 0 Å². The number of amides is 1. The van der Waals surface area contributed by atoms with Crippen molar-refractivity contribution in [3.8, 4) is 0 Å². The topological polar surface area (TPSA) is 67.3 Å². The summed E-state index contributed by atoms with van der Waals surface area (Å²) >= 11 is 0. The van der Waals surface area contributed by atoms with Gasteiger partial charge in [-0.2, -0.15) is 0 Å². The van der Waals surface area contributed by atoms with Crippen LogP contribution in [0.15, 0.2) is 24.5 Å². The van der Waals surface area contributed by atoms with Gasteiger partial charge in [-0.15, -0.1) is 0 Å². The summed E-state index contributed by atoms with van der Waals surface area (Å²) in [5, 5.41) is -0.293. The highest BCUT2D eigenvalue weighted by Crippen LogP contribution is 2.19. The molecule has 1 aromatic heterocycles. The highest BCUT2D eigenvalue weighted by atomic mass is 32.2. The van der Waals surface area contributed by atoms with Gasteiger partial charge in [0, 0.05) is 36.8 Å². The van der Waals surface area contributed by atoms with E-state index < -0.39 is 9.84 Å². The number of hydrogen-bond donors (Lipinski definition) is 0. The third-order valence-corrected chi connectivity index (χ3v) is 5.86. The van der Waals surface area contributed by atoms with E-state index in [0.29, 0.717) is 31.5 Å². The number of hydrogen-bond acceptors (Lipinski definition) is 4. The summed E-state index contributed by atoms with van der Waals surface area (Å²) in [6, 6.07) is 3.36. The zero-order chi connectivity index (χ0) is 13.9. The number of carbonyl (C=O) groups excluding carboxylic acids is 1. The van der Waals surface area contributed by atoms with Crippen LogP contribution in [-0.4, -0.2) is 48.3 Å². The van der Waals surface area contributed by atoms with Gasteiger partial charge in [0.2, 0.25) is 0 Å². The average molecular weight is 282 g/mol. The van der Waals surface area contributed by atoms with Crippen LogP contribution in [0.3, 0.4) is 0 Å². The number of piperidine rings is 1. The molecule has 0 atom stereocenters. The van der Waals surface area contributed by atoms with Crippen molar-refractivity contribution in [3.63, 3.8) is 0 Å². The van der Waals surface area contributed by atoms with Gasteiger partial charge in [0.05, 0.1) is 5.25 Å². The molecule has 0 bridgehead atoms. The Labute approximate surface area is 113 Å². The van der Waals surface area contributed by atoms with Crippen molar-refractivity contribution >= 4 is 15.7 Å². The van der Waals surface area contributed by atoms with Crippen molar-refractivity contribution in [2.75, 3.05) is 18.8 Å². The second kappa shape index (κ2) is 5.69. The van der Waals surface area contributed by atoms with Crippen molar-refractivity contribution < 1.29 is 13.2 Å². The van der Waals surface area contributed by atoms with Gasteiger partial charge in [0.25, 0.3) is 5.91 Å². The number of sulfone groups is 1. The summed E-state index contributed by atoms with van der Waals surface area (Å²) < 4.78 is 23.6. The van der Waals surface area contributed by atoms with Gasteiger partial charge in [-0.25, -0.2) is 8.42 Å². The summed E-state index contributed by atoms with van der Waals surface area (Å²) in [6.45, 7) is 2.68. The minimum Gasteiger partial charge on any atom is -0.339 e. The molecule has 0 radical (unpaired) electrons. The Morgan fingerprint density at radius 3 is 2.42 bits per heavy atom. The quantitative estimate of drug-likeness (QED) is 0.833. The van der Waals surface area contributed by atoms with Crippen LogP contribution in [-0.2, 0) is 9.84 Å². The van der Waals surface area contributed by atoms with Crippen LogP contribution < -0.4 is 0 Å². The normalized spacial score (nSPS) is 17.4. The molecule has 2 rings (SSSR count). The maximum Gasteiger partial charge on any atom is 0.253 e. The minimum atomic E-state index is -2.98. The molecule has 0 spiro atoms. The van der Waals surface area contributed by atoms with Crippen molar-refractivity contribution in [3.05, 3.63) is 30.1 Å². The third-order valence-electron chi connectivity index (χ3n) is 3.57. The molecule has 104 valence electrons. The zero-order valence-corrected chi connectivity index (χ0v) is 11.8. The first-order chi connectivity index (χ1) is 9.04. The standard InChI is InChI=1S/C13H18N2O3S/c1-2-19(17,18)12-5-9-15(10-6-12)13(16)11-3-7-14-8-4-11/h3-4,7-8,12H,2,5-6,9-10H2,1H3. The van der Waals surface area contributed by atoms with Crippen molar-refractivity contribution in [1.82, 2.24) is 9.88 Å². The molecule has 2 heterocycles. The number of nitrogens with zero attached hydrogens (tertiary/aromatic N) is 2. The fourth-order valence-electron chi connectivity index (χ4n) is 2.33. The van der Waals surface area contributed by atoms with E-state index in [2.05, 4.69) is 4.98 Å². The van der Waals surface area contributed by atoms with Crippen LogP contribution in [0.2, 0.25) is 0 Å². The van der Waals surface area contributed by atoms with E-state index in [0.717, 1.165) is 0 Å². The molecule has 0 N–H and O–H groups in total. The number of aromatic nitrogens is 1. The van der Waals surface area contributed by atoms with Gasteiger partial charge in [-0.1, -0.05) is 6.92 Å². The fourth-order valence-corrected chi connectivity index (χ4v) is 3.73. The molecule has 1 aliphatic heterocycles. The van der Waals surface area contributed by atoms with Gasteiger partial charge in [-0.3, -0.25) is 9.78 Å². The van der Waals surface area contributed by atoms with Crippen LogP contribution in [0.4, 0.5) is 0 Å². The summed E-state index contributed by atoms with van der Waals surface area (Å²) in [7, 11) is -2.98. The molecule has 0 saturated carbocycles. The molecular weight excluding hydrogens is 264 g/mol. The largest absolute Gasteiger partial charge is 0.339 e. The highest BCUT2D eigenvalue weighted by molar-refractivity contribution is 7.92. The van der Waals surface area contributed by atoms with Gasteiger partial charge < -0.3 is 4.90 Å². The van der Waals surface area contributed by atoms with E-state index >= 15 is 0 Å². The Balaban J connectivity index is 1.99. The van der Waals surface area contributed by atoms with Gasteiger partial charge in [-0.05, 0) is 25.0 Å². The molecule has 0 aromatic carbocycles. The zero-order valence-electron chi connectivity index (χ0n) is 10.9. The SMILES string of the molecule is CCS(=O)(=O)C1CCN(C(=O)c2ccncc2)CC1. The maximum absolute atomic E-state index is 12.2. The predicted molar refractivity (Wildman–Crippen MR) is 72.6 cm³/mol. The highest BCUT2D eigenvalue weighted by Gasteiger charge is 2.30. The molecule has 0 unspecified atom stereocenters. The fraction of sp³-hybridized carbons (Fsp3) is 0.538. The van der Waals surface area contributed by atoms with Gasteiger partial charge in [0.1, 0.15) is 0 Å². The molecule has 1 saturated heterocycles. The molecule has 1 aliphatic rings. The molecule has 19 heavy (non-hydrogen) atoms. The van der Waals surface area contributed by atoms with E-state index in [4.69, 9.17) is 0 Å². The van der Waals surface area contributed by atoms with Gasteiger partial charge in [0.15, 0.2) is 9.84 Å². The summed E-state index contributed by atoms with van der Waals surface area (Å²) in [5.74, 6) is 0.130. The Bertz CT molecular complexity index is 534. The first-order valence-electron chi connectivity index (χ1n) is 6.45. The summed E-state index contributed by atoms with van der Waals surface area (Å²) in [4.78, 5) is 17.8. The predicted octanol–water partition coefficient (Wildman–Crippen LogP) is 1.12. The van der Waals surface area contributed by atoms with E-state index in [1.54, 1.807) is 36.4 Å². The number of pyridine rings is 1. The van der Waals surface area contributed by atoms with E-state index in [1.165, 1.54) is 0 Å². The molecule has 6 heteroatoms. The molecule has 0 aliphatic carbocycles. The Morgan fingerprint density at radius 2 is 1.89 bits per heavy atom. The molecule has 1 fully saturated rings. The van der Waals surface area contributed by atoms with Crippen LogP contribution in [0.1, 0.15) is 30.1 Å². The lowest BCUT2D eigenvalue weighted by atomic mass is 10.1. The molecule has 5 nitrogen and oxygen atoms in total. The van der Waals surface area contributed by atoms with Crippen LogP contribution in [0, 0.1) is 0 Å². The second-order valence-corrected chi connectivity index (χ2v) is 7.25. The number of carbonyl (C=O) groups is 1. The van der Waals surface area contributed by atoms with E-state index in [-0.39, 0.29) is 16.9 Å². The second-order valence-electron chi connectivity index (χ2n) is 4.68. The monoisotopic (exact) mass is 282 g/mol.